The molecular formula is C13H9B2NO. The molecule has 2 rings (SSSR count). The topological polar surface area (TPSA) is 32.6 Å². The van der Waals surface area contributed by atoms with Gasteiger partial charge in [0.25, 0.3) is 0 Å². The predicted molar refractivity (Wildman–Crippen MR) is 72.6 cm³/mol. The monoisotopic (exact) mass is 217 g/mol. The molecule has 0 saturated carbocycles. The average molecular weight is 217 g/mol. The summed E-state index contributed by atoms with van der Waals surface area (Å²) in [6, 6.07) is 12.6. The number of aromatic hydroxyl groups is 1. The van der Waals surface area contributed by atoms with E-state index >= 15 is 0 Å². The third kappa shape index (κ3) is 2.78. The Morgan fingerprint density at radius 3 is 2.47 bits per heavy atom. The summed E-state index contributed by atoms with van der Waals surface area (Å²) in [4.78, 5) is 4.22. The Bertz CT molecular complexity index is 553. The predicted octanol–water partition coefficient (Wildman–Crippen LogP) is 0.730. The normalized spacial score (nSPS) is 10.8. The van der Waals surface area contributed by atoms with E-state index in [-0.39, 0.29) is 11.2 Å². The molecule has 4 heteroatoms. The van der Waals surface area contributed by atoms with E-state index in [4.69, 9.17) is 15.7 Å². The molecule has 0 aromatic heterocycles. The van der Waals surface area contributed by atoms with Crippen LogP contribution in [-0.4, -0.2) is 27.0 Å². The highest BCUT2D eigenvalue weighted by Gasteiger charge is 2.02. The van der Waals surface area contributed by atoms with Crippen LogP contribution in [0.25, 0.3) is 0 Å². The number of benzene rings is 2. The van der Waals surface area contributed by atoms with Crippen LogP contribution < -0.4 is 10.9 Å². The fourth-order valence-corrected chi connectivity index (χ4v) is 1.46. The quantitative estimate of drug-likeness (QED) is 0.583. The van der Waals surface area contributed by atoms with E-state index in [0.29, 0.717) is 11.0 Å². The van der Waals surface area contributed by atoms with Crippen molar-refractivity contribution < 1.29 is 5.11 Å². The summed E-state index contributed by atoms with van der Waals surface area (Å²) >= 11 is 0. The molecular weight excluding hydrogens is 208 g/mol. The molecule has 0 aliphatic heterocycles. The number of aliphatic imine (C=N–C) groups is 1. The van der Waals surface area contributed by atoms with Crippen molar-refractivity contribution in [3.05, 3.63) is 48.0 Å². The smallest absolute Gasteiger partial charge is 0.118 e. The van der Waals surface area contributed by atoms with Crippen LogP contribution in [0, 0.1) is 0 Å². The largest absolute Gasteiger partial charge is 0.508 e. The van der Waals surface area contributed by atoms with Gasteiger partial charge in [0.15, 0.2) is 0 Å². The minimum Gasteiger partial charge on any atom is -0.508 e. The summed E-state index contributed by atoms with van der Waals surface area (Å²) in [5, 5.41) is 9.73. The molecule has 0 aliphatic rings. The second-order valence-electron chi connectivity index (χ2n) is 3.64. The van der Waals surface area contributed by atoms with Gasteiger partial charge in [-0.3, -0.25) is 4.99 Å². The number of hydrogen-bond acceptors (Lipinski definition) is 2. The minimum atomic E-state index is -0.00104. The Morgan fingerprint density at radius 1 is 1.06 bits per heavy atom. The van der Waals surface area contributed by atoms with E-state index in [2.05, 4.69) is 4.99 Å². The van der Waals surface area contributed by atoms with E-state index in [0.717, 1.165) is 5.69 Å². The Hall–Kier alpha value is -1.96. The summed E-state index contributed by atoms with van der Waals surface area (Å²) in [7, 11) is 11.2. The van der Waals surface area contributed by atoms with Crippen LogP contribution >= 0.6 is 0 Å². The zero-order chi connectivity index (χ0) is 12.3. The van der Waals surface area contributed by atoms with E-state index in [1.54, 1.807) is 6.07 Å². The van der Waals surface area contributed by atoms with Crippen LogP contribution in [0.3, 0.4) is 0 Å². The highest BCUT2D eigenvalue weighted by atomic mass is 16.3. The molecule has 0 unspecified atom stereocenters. The highest BCUT2D eigenvalue weighted by molar-refractivity contribution is 6.39. The van der Waals surface area contributed by atoms with Gasteiger partial charge >= 0.3 is 0 Å². The molecule has 4 radical (unpaired) electrons. The minimum absolute atomic E-state index is 0.00104. The number of rotatable bonds is 2. The van der Waals surface area contributed by atoms with E-state index in [1.807, 2.05) is 30.3 Å². The van der Waals surface area contributed by atoms with Gasteiger partial charge in [-0.25, -0.2) is 0 Å². The van der Waals surface area contributed by atoms with E-state index < -0.39 is 0 Å². The summed E-state index contributed by atoms with van der Waals surface area (Å²) in [6.07, 6.45) is 1.54. The molecule has 0 atom stereocenters. The maximum atomic E-state index is 9.73. The first-order chi connectivity index (χ1) is 8.16. The Balaban J connectivity index is 2.33. The van der Waals surface area contributed by atoms with Gasteiger partial charge in [-0.1, -0.05) is 41.3 Å². The van der Waals surface area contributed by atoms with Gasteiger partial charge in [0, 0.05) is 11.8 Å². The van der Waals surface area contributed by atoms with Crippen molar-refractivity contribution in [2.45, 2.75) is 0 Å². The van der Waals surface area contributed by atoms with Crippen molar-refractivity contribution in [2.75, 3.05) is 0 Å². The van der Waals surface area contributed by atoms with Gasteiger partial charge in [-0.2, -0.15) is 0 Å². The lowest BCUT2D eigenvalue weighted by atomic mass is 9.85. The highest BCUT2D eigenvalue weighted by Crippen LogP contribution is 2.13. The van der Waals surface area contributed by atoms with Crippen molar-refractivity contribution >= 4 is 38.5 Å². The number of phenols is 1. The molecule has 0 heterocycles. The first kappa shape index (κ1) is 11.5. The third-order valence-corrected chi connectivity index (χ3v) is 2.30. The molecule has 78 valence electrons. The van der Waals surface area contributed by atoms with Crippen molar-refractivity contribution in [1.29, 1.82) is 0 Å². The van der Waals surface area contributed by atoms with Crippen LogP contribution in [0.15, 0.2) is 47.5 Å². The van der Waals surface area contributed by atoms with Crippen LogP contribution in [-0.2, 0) is 0 Å². The lowest BCUT2D eigenvalue weighted by Gasteiger charge is -2.05. The summed E-state index contributed by atoms with van der Waals surface area (Å²) in [6.45, 7) is 0. The maximum Gasteiger partial charge on any atom is 0.118 e. The first-order valence-electron chi connectivity index (χ1n) is 5.14. The molecule has 2 aromatic carbocycles. The molecule has 0 aliphatic carbocycles. The van der Waals surface area contributed by atoms with Crippen LogP contribution in [0.5, 0.6) is 5.75 Å². The standard InChI is InChI=1S/C13H9B2NO/c14-10-6-9(13(17)12(15)7-10)8-16-11-4-2-1-3-5-11/h1-8,17H. The van der Waals surface area contributed by atoms with Crippen LogP contribution in [0.1, 0.15) is 5.56 Å². The fraction of sp³-hybridized carbons (Fsp3) is 0. The summed E-state index contributed by atoms with van der Waals surface area (Å²) in [5.41, 5.74) is 2.05. The van der Waals surface area contributed by atoms with Gasteiger partial charge in [0.05, 0.1) is 5.69 Å². The zero-order valence-electron chi connectivity index (χ0n) is 9.17. The third-order valence-electron chi connectivity index (χ3n) is 2.30. The van der Waals surface area contributed by atoms with E-state index in [1.165, 1.54) is 12.3 Å². The Kier molecular flexibility index (Phi) is 3.33. The Labute approximate surface area is 103 Å². The molecule has 0 fully saturated rings. The molecule has 0 bridgehead atoms. The molecule has 2 nitrogen and oxygen atoms in total. The second-order valence-corrected chi connectivity index (χ2v) is 3.64. The van der Waals surface area contributed by atoms with Gasteiger partial charge < -0.3 is 5.11 Å². The molecule has 0 spiro atoms. The number of nitrogens with zero attached hydrogens (tertiary/aromatic N) is 1. The van der Waals surface area contributed by atoms with Gasteiger partial charge in [0.1, 0.15) is 21.4 Å². The van der Waals surface area contributed by atoms with Crippen LogP contribution in [0.4, 0.5) is 5.69 Å². The SMILES string of the molecule is [B]c1cc([B])c(O)c(C=Nc2ccccc2)c1. The van der Waals surface area contributed by atoms with E-state index in [9.17, 15) is 5.11 Å². The van der Waals surface area contributed by atoms with Crippen molar-refractivity contribution in [3.8, 4) is 5.75 Å². The number of para-hydroxylation sites is 1. The fourth-order valence-electron chi connectivity index (χ4n) is 1.46. The molecule has 2 aromatic rings. The lowest BCUT2D eigenvalue weighted by molar-refractivity contribution is 0.479. The van der Waals surface area contributed by atoms with Crippen molar-refractivity contribution in [1.82, 2.24) is 0 Å². The van der Waals surface area contributed by atoms with Gasteiger partial charge in [0.2, 0.25) is 0 Å². The molecule has 0 saturated heterocycles. The molecule has 1 N–H and O–H groups in total. The van der Waals surface area contributed by atoms with Crippen molar-refractivity contribution in [3.63, 3.8) is 0 Å². The summed E-state index contributed by atoms with van der Waals surface area (Å²) < 4.78 is 0. The van der Waals surface area contributed by atoms with Crippen molar-refractivity contribution in [2.24, 2.45) is 4.99 Å². The molecule has 0 amide bonds. The summed E-state index contributed by atoms with van der Waals surface area (Å²) in [5.74, 6) is -0.00104. The first-order valence-corrected chi connectivity index (χ1v) is 5.14. The zero-order valence-corrected chi connectivity index (χ0v) is 9.17. The van der Waals surface area contributed by atoms with Gasteiger partial charge in [-0.05, 0) is 12.1 Å². The van der Waals surface area contributed by atoms with Gasteiger partial charge in [-0.15, -0.1) is 0 Å². The average Bonchev–Trinajstić information content (AvgIpc) is 2.33. The second kappa shape index (κ2) is 4.91. The molecule has 17 heavy (non-hydrogen) atoms. The van der Waals surface area contributed by atoms with Crippen LogP contribution in [0.2, 0.25) is 0 Å². The number of phenolic OH excluding ortho intramolecular Hbond substituents is 1. The maximum absolute atomic E-state index is 9.73. The number of hydrogen-bond donors (Lipinski definition) is 1. The Morgan fingerprint density at radius 2 is 1.76 bits per heavy atom. The lowest BCUT2D eigenvalue weighted by Crippen LogP contribution is -2.15.